The van der Waals surface area contributed by atoms with Gasteiger partial charge in [-0.25, -0.2) is 10.2 Å². The number of benzene rings is 1. The van der Waals surface area contributed by atoms with Gasteiger partial charge in [0.25, 0.3) is 0 Å². The van der Waals surface area contributed by atoms with Crippen LogP contribution >= 0.6 is 0 Å². The third-order valence-electron chi connectivity index (χ3n) is 2.48. The average molecular weight is 296 g/mol. The topological polar surface area (TPSA) is 99.9 Å². The van der Waals surface area contributed by atoms with Gasteiger partial charge in [-0.05, 0) is 25.8 Å². The van der Waals surface area contributed by atoms with Crippen molar-refractivity contribution >= 4 is 12.1 Å². The van der Waals surface area contributed by atoms with E-state index in [1.165, 1.54) is 0 Å². The number of hydrogen-bond acceptors (Lipinski definition) is 7. The van der Waals surface area contributed by atoms with Crippen molar-refractivity contribution in [1.29, 1.82) is 0 Å². The highest BCUT2D eigenvalue weighted by atomic mass is 16.8. The van der Waals surface area contributed by atoms with E-state index in [0.717, 1.165) is 5.56 Å². The molecule has 21 heavy (non-hydrogen) atoms. The molecule has 1 aromatic rings. The summed E-state index contributed by atoms with van der Waals surface area (Å²) < 4.78 is 14.1. The summed E-state index contributed by atoms with van der Waals surface area (Å²) >= 11 is 0. The van der Waals surface area contributed by atoms with Crippen LogP contribution in [-0.4, -0.2) is 31.1 Å². The Balaban J connectivity index is 2.36. The van der Waals surface area contributed by atoms with Crippen molar-refractivity contribution < 1.29 is 23.8 Å². The summed E-state index contributed by atoms with van der Waals surface area (Å²) in [4.78, 5) is 22.9. The molecule has 0 aliphatic rings. The molecule has 1 atom stereocenters. The first-order valence-corrected chi connectivity index (χ1v) is 6.53. The van der Waals surface area contributed by atoms with Gasteiger partial charge in [0.1, 0.15) is 6.04 Å². The second-order valence-corrected chi connectivity index (χ2v) is 4.55. The zero-order valence-corrected chi connectivity index (χ0v) is 12.1. The molecule has 0 saturated heterocycles. The SMILES string of the molecule is CC(C)OC(=O)OCOC(=O)[C@H](Cc1ccccc1)NN. The van der Waals surface area contributed by atoms with Gasteiger partial charge in [0.15, 0.2) is 0 Å². The third kappa shape index (κ3) is 6.73. The molecule has 7 nitrogen and oxygen atoms in total. The first-order chi connectivity index (χ1) is 10.0. The number of ether oxygens (including phenoxy) is 3. The minimum atomic E-state index is -0.891. The molecule has 3 N–H and O–H groups in total. The molecule has 0 aliphatic heterocycles. The first-order valence-electron chi connectivity index (χ1n) is 6.53. The Hall–Kier alpha value is -2.12. The standard InChI is InChI=1S/C14H20N2O5/c1-10(2)21-14(18)20-9-19-13(17)12(16-15)8-11-6-4-3-5-7-11/h3-7,10,12,16H,8-9,15H2,1-2H3/t12-/m0/s1. The highest BCUT2D eigenvalue weighted by molar-refractivity contribution is 5.76. The van der Waals surface area contributed by atoms with Gasteiger partial charge in [-0.1, -0.05) is 30.3 Å². The van der Waals surface area contributed by atoms with Crippen molar-refractivity contribution in [2.24, 2.45) is 5.84 Å². The van der Waals surface area contributed by atoms with Crippen LogP contribution in [0.15, 0.2) is 30.3 Å². The number of nitrogens with two attached hydrogens (primary N) is 1. The van der Waals surface area contributed by atoms with Crippen molar-refractivity contribution in [3.63, 3.8) is 0 Å². The third-order valence-corrected chi connectivity index (χ3v) is 2.48. The summed E-state index contributed by atoms with van der Waals surface area (Å²) in [6.07, 6.45) is -0.824. The van der Waals surface area contributed by atoms with Crippen LogP contribution < -0.4 is 11.3 Å². The Morgan fingerprint density at radius 2 is 1.86 bits per heavy atom. The Morgan fingerprint density at radius 1 is 1.19 bits per heavy atom. The van der Waals surface area contributed by atoms with Crippen LogP contribution in [0.2, 0.25) is 0 Å². The summed E-state index contributed by atoms with van der Waals surface area (Å²) in [7, 11) is 0. The minimum Gasteiger partial charge on any atom is -0.431 e. The number of carbonyl (C=O) groups is 2. The molecule has 0 radical (unpaired) electrons. The fourth-order valence-corrected chi connectivity index (χ4v) is 1.52. The Kier molecular flexibility index (Phi) is 7.20. The normalized spacial score (nSPS) is 11.8. The lowest BCUT2D eigenvalue weighted by molar-refractivity contribution is -0.156. The summed E-state index contributed by atoms with van der Waals surface area (Å²) in [6.45, 7) is 2.85. The Morgan fingerprint density at radius 3 is 2.43 bits per heavy atom. The van der Waals surface area contributed by atoms with Gasteiger partial charge in [0.05, 0.1) is 6.10 Å². The Bertz CT molecular complexity index is 450. The van der Waals surface area contributed by atoms with E-state index < -0.39 is 25.0 Å². The van der Waals surface area contributed by atoms with Gasteiger partial charge in [-0.3, -0.25) is 10.6 Å². The lowest BCUT2D eigenvalue weighted by atomic mass is 10.1. The van der Waals surface area contributed by atoms with Crippen LogP contribution in [-0.2, 0) is 25.4 Å². The molecule has 116 valence electrons. The number of nitrogens with one attached hydrogen (secondary N) is 1. The van der Waals surface area contributed by atoms with Crippen LogP contribution in [0.4, 0.5) is 4.79 Å². The average Bonchev–Trinajstić information content (AvgIpc) is 2.44. The summed E-state index contributed by atoms with van der Waals surface area (Å²) in [6, 6.07) is 8.61. The smallest absolute Gasteiger partial charge is 0.431 e. The number of hydrazine groups is 1. The summed E-state index contributed by atoms with van der Waals surface area (Å²) in [5, 5.41) is 0. The molecule has 1 rings (SSSR count). The molecule has 0 aliphatic carbocycles. The first kappa shape index (κ1) is 16.9. The molecule has 0 spiro atoms. The van der Waals surface area contributed by atoms with Gasteiger partial charge in [0.2, 0.25) is 6.79 Å². The number of hydrogen-bond donors (Lipinski definition) is 2. The molecule has 0 unspecified atom stereocenters. The molecule has 0 aromatic heterocycles. The number of rotatable bonds is 7. The second kappa shape index (κ2) is 8.93. The fraction of sp³-hybridized carbons (Fsp3) is 0.429. The van der Waals surface area contributed by atoms with Crippen molar-refractivity contribution in [3.05, 3.63) is 35.9 Å². The maximum Gasteiger partial charge on any atom is 0.511 e. The molecule has 0 heterocycles. The van der Waals surface area contributed by atoms with E-state index in [4.69, 9.17) is 15.3 Å². The second-order valence-electron chi connectivity index (χ2n) is 4.55. The van der Waals surface area contributed by atoms with E-state index in [2.05, 4.69) is 10.2 Å². The number of esters is 1. The summed E-state index contributed by atoms with van der Waals surface area (Å²) in [5.74, 6) is 4.72. The molecule has 0 amide bonds. The molecular formula is C14H20N2O5. The lowest BCUT2D eigenvalue weighted by Gasteiger charge is -2.15. The maximum atomic E-state index is 11.8. The van der Waals surface area contributed by atoms with Gasteiger partial charge < -0.3 is 14.2 Å². The fourth-order valence-electron chi connectivity index (χ4n) is 1.52. The van der Waals surface area contributed by atoms with Crippen molar-refractivity contribution in [2.45, 2.75) is 32.4 Å². The number of carbonyl (C=O) groups excluding carboxylic acids is 2. The van der Waals surface area contributed by atoms with E-state index >= 15 is 0 Å². The van der Waals surface area contributed by atoms with Crippen LogP contribution in [0.3, 0.4) is 0 Å². The quantitative estimate of drug-likeness (QED) is 0.336. The zero-order chi connectivity index (χ0) is 15.7. The Labute approximate surface area is 123 Å². The predicted octanol–water partition coefficient (Wildman–Crippen LogP) is 1.12. The highest BCUT2D eigenvalue weighted by Gasteiger charge is 2.19. The minimum absolute atomic E-state index is 0.301. The van der Waals surface area contributed by atoms with E-state index in [1.54, 1.807) is 13.8 Å². The molecule has 7 heteroatoms. The molecule has 0 fully saturated rings. The molecule has 0 saturated carbocycles. The lowest BCUT2D eigenvalue weighted by Crippen LogP contribution is -2.44. The van der Waals surface area contributed by atoms with Crippen LogP contribution in [0.5, 0.6) is 0 Å². The summed E-state index contributed by atoms with van der Waals surface area (Å²) in [5.41, 5.74) is 3.30. The van der Waals surface area contributed by atoms with E-state index in [9.17, 15) is 9.59 Å². The van der Waals surface area contributed by atoms with Gasteiger partial charge in [0, 0.05) is 0 Å². The largest absolute Gasteiger partial charge is 0.511 e. The van der Waals surface area contributed by atoms with Gasteiger partial charge in [-0.15, -0.1) is 0 Å². The van der Waals surface area contributed by atoms with Crippen molar-refractivity contribution in [2.75, 3.05) is 6.79 Å². The monoisotopic (exact) mass is 296 g/mol. The van der Waals surface area contributed by atoms with E-state index in [0.29, 0.717) is 6.42 Å². The van der Waals surface area contributed by atoms with Crippen molar-refractivity contribution in [1.82, 2.24) is 5.43 Å². The highest BCUT2D eigenvalue weighted by Crippen LogP contribution is 2.04. The molecule has 0 bridgehead atoms. The van der Waals surface area contributed by atoms with Crippen LogP contribution in [0.1, 0.15) is 19.4 Å². The van der Waals surface area contributed by atoms with Crippen molar-refractivity contribution in [3.8, 4) is 0 Å². The maximum absolute atomic E-state index is 11.8. The molecule has 1 aromatic carbocycles. The van der Waals surface area contributed by atoms with Crippen LogP contribution in [0.25, 0.3) is 0 Å². The van der Waals surface area contributed by atoms with Gasteiger partial charge in [-0.2, -0.15) is 0 Å². The van der Waals surface area contributed by atoms with E-state index in [1.807, 2.05) is 30.3 Å². The molecular weight excluding hydrogens is 276 g/mol. The van der Waals surface area contributed by atoms with Crippen LogP contribution in [0, 0.1) is 0 Å². The van der Waals surface area contributed by atoms with E-state index in [-0.39, 0.29) is 6.10 Å². The van der Waals surface area contributed by atoms with Gasteiger partial charge >= 0.3 is 12.1 Å². The predicted molar refractivity (Wildman–Crippen MR) is 74.9 cm³/mol. The zero-order valence-electron chi connectivity index (χ0n) is 12.1.